The summed E-state index contributed by atoms with van der Waals surface area (Å²) in [7, 11) is 0. The van der Waals surface area contributed by atoms with E-state index in [1.807, 2.05) is 6.92 Å². The van der Waals surface area contributed by atoms with Crippen molar-refractivity contribution in [2.24, 2.45) is 5.92 Å². The first-order valence-corrected chi connectivity index (χ1v) is 5.03. The first-order valence-electron chi connectivity index (χ1n) is 5.03. The highest BCUT2D eigenvalue weighted by Gasteiger charge is 2.09. The Labute approximate surface area is 76.7 Å². The molecule has 2 heteroatoms. The minimum atomic E-state index is 0.607. The standard InChI is InChI=1S/C10H23NO/c1-5-11-10(4)9(3)7-8-12-6-2/h9-11H,5-8H2,1-4H3. The molecule has 0 aromatic rings. The lowest BCUT2D eigenvalue weighted by Crippen LogP contribution is -2.32. The fourth-order valence-corrected chi connectivity index (χ4v) is 1.19. The lowest BCUT2D eigenvalue weighted by molar-refractivity contribution is 0.129. The summed E-state index contributed by atoms with van der Waals surface area (Å²) in [6, 6.07) is 0.607. The van der Waals surface area contributed by atoms with Crippen molar-refractivity contribution in [3.8, 4) is 0 Å². The SMILES string of the molecule is CCNC(C)C(C)CCOCC. The van der Waals surface area contributed by atoms with Gasteiger partial charge in [-0.2, -0.15) is 0 Å². The van der Waals surface area contributed by atoms with Crippen LogP contribution < -0.4 is 5.32 Å². The van der Waals surface area contributed by atoms with E-state index in [4.69, 9.17) is 4.74 Å². The summed E-state index contributed by atoms with van der Waals surface area (Å²) < 4.78 is 5.30. The van der Waals surface area contributed by atoms with Gasteiger partial charge in [0.1, 0.15) is 0 Å². The van der Waals surface area contributed by atoms with Crippen molar-refractivity contribution in [2.75, 3.05) is 19.8 Å². The molecule has 0 radical (unpaired) electrons. The van der Waals surface area contributed by atoms with Gasteiger partial charge in [-0.3, -0.25) is 0 Å². The molecule has 2 atom stereocenters. The van der Waals surface area contributed by atoms with Crippen LogP contribution >= 0.6 is 0 Å². The van der Waals surface area contributed by atoms with E-state index in [0.29, 0.717) is 12.0 Å². The maximum Gasteiger partial charge on any atom is 0.0469 e. The Morgan fingerprint density at radius 3 is 2.42 bits per heavy atom. The van der Waals surface area contributed by atoms with Crippen LogP contribution in [0.25, 0.3) is 0 Å². The lowest BCUT2D eigenvalue weighted by Gasteiger charge is -2.20. The summed E-state index contributed by atoms with van der Waals surface area (Å²) in [5.41, 5.74) is 0. The van der Waals surface area contributed by atoms with Gasteiger partial charge in [0.25, 0.3) is 0 Å². The summed E-state index contributed by atoms with van der Waals surface area (Å²) in [5, 5.41) is 3.42. The molecular formula is C10H23NO. The van der Waals surface area contributed by atoms with Gasteiger partial charge in [-0.15, -0.1) is 0 Å². The van der Waals surface area contributed by atoms with Crippen molar-refractivity contribution in [3.63, 3.8) is 0 Å². The number of hydrogen-bond acceptors (Lipinski definition) is 2. The largest absolute Gasteiger partial charge is 0.382 e. The van der Waals surface area contributed by atoms with Crippen LogP contribution in [0, 0.1) is 5.92 Å². The van der Waals surface area contributed by atoms with Crippen molar-refractivity contribution in [1.82, 2.24) is 5.32 Å². The molecule has 0 amide bonds. The van der Waals surface area contributed by atoms with E-state index in [9.17, 15) is 0 Å². The second kappa shape index (κ2) is 7.56. The number of rotatable bonds is 7. The number of nitrogens with one attached hydrogen (secondary N) is 1. The molecule has 0 aromatic heterocycles. The molecule has 0 bridgehead atoms. The summed E-state index contributed by atoms with van der Waals surface area (Å²) >= 11 is 0. The molecule has 2 nitrogen and oxygen atoms in total. The zero-order valence-electron chi connectivity index (χ0n) is 8.89. The van der Waals surface area contributed by atoms with Gasteiger partial charge < -0.3 is 10.1 Å². The maximum atomic E-state index is 5.30. The van der Waals surface area contributed by atoms with E-state index in [-0.39, 0.29) is 0 Å². The van der Waals surface area contributed by atoms with Crippen LogP contribution in [-0.2, 0) is 4.74 Å². The molecule has 0 saturated heterocycles. The molecule has 0 heterocycles. The molecule has 0 saturated carbocycles. The Kier molecular flexibility index (Phi) is 7.51. The second-order valence-electron chi connectivity index (χ2n) is 3.31. The maximum absolute atomic E-state index is 5.30. The second-order valence-corrected chi connectivity index (χ2v) is 3.31. The van der Waals surface area contributed by atoms with E-state index in [2.05, 4.69) is 26.1 Å². The predicted molar refractivity (Wildman–Crippen MR) is 53.4 cm³/mol. The van der Waals surface area contributed by atoms with Gasteiger partial charge >= 0.3 is 0 Å². The Hall–Kier alpha value is -0.0800. The van der Waals surface area contributed by atoms with Gasteiger partial charge in [0.2, 0.25) is 0 Å². The van der Waals surface area contributed by atoms with E-state index >= 15 is 0 Å². The van der Waals surface area contributed by atoms with E-state index in [0.717, 1.165) is 26.2 Å². The highest BCUT2D eigenvalue weighted by Crippen LogP contribution is 2.07. The van der Waals surface area contributed by atoms with Crippen molar-refractivity contribution in [3.05, 3.63) is 0 Å². The molecule has 0 rings (SSSR count). The van der Waals surface area contributed by atoms with Crippen LogP contribution in [0.3, 0.4) is 0 Å². The minimum absolute atomic E-state index is 0.607. The third-order valence-electron chi connectivity index (χ3n) is 2.30. The third-order valence-corrected chi connectivity index (χ3v) is 2.30. The molecule has 0 fully saturated rings. The van der Waals surface area contributed by atoms with Gasteiger partial charge in [-0.1, -0.05) is 13.8 Å². The van der Waals surface area contributed by atoms with Crippen molar-refractivity contribution in [1.29, 1.82) is 0 Å². The topological polar surface area (TPSA) is 21.3 Å². The van der Waals surface area contributed by atoms with Crippen LogP contribution in [0.4, 0.5) is 0 Å². The smallest absolute Gasteiger partial charge is 0.0469 e. The molecule has 2 unspecified atom stereocenters. The minimum Gasteiger partial charge on any atom is -0.382 e. The fraction of sp³-hybridized carbons (Fsp3) is 1.00. The highest BCUT2D eigenvalue weighted by molar-refractivity contribution is 4.66. The predicted octanol–water partition coefficient (Wildman–Crippen LogP) is 2.05. The molecule has 12 heavy (non-hydrogen) atoms. The van der Waals surface area contributed by atoms with Gasteiger partial charge in [-0.05, 0) is 32.7 Å². The average molecular weight is 173 g/mol. The first kappa shape index (κ1) is 11.9. The molecule has 74 valence electrons. The van der Waals surface area contributed by atoms with Crippen molar-refractivity contribution in [2.45, 2.75) is 40.2 Å². The Bertz CT molecular complexity index is 95.8. The van der Waals surface area contributed by atoms with Gasteiger partial charge in [0.05, 0.1) is 0 Å². The van der Waals surface area contributed by atoms with Gasteiger partial charge in [-0.25, -0.2) is 0 Å². The molecule has 0 aliphatic rings. The number of hydrogen-bond donors (Lipinski definition) is 1. The van der Waals surface area contributed by atoms with Crippen molar-refractivity contribution < 1.29 is 4.74 Å². The van der Waals surface area contributed by atoms with Gasteiger partial charge in [0.15, 0.2) is 0 Å². The molecule has 0 aliphatic carbocycles. The molecule has 1 N–H and O–H groups in total. The highest BCUT2D eigenvalue weighted by atomic mass is 16.5. The summed E-state index contributed by atoms with van der Waals surface area (Å²) in [6.45, 7) is 11.5. The average Bonchev–Trinajstić information content (AvgIpc) is 2.05. The molecule has 0 spiro atoms. The lowest BCUT2D eigenvalue weighted by atomic mass is 10.0. The van der Waals surface area contributed by atoms with Crippen LogP contribution in [-0.4, -0.2) is 25.8 Å². The molecule has 0 aliphatic heterocycles. The zero-order valence-corrected chi connectivity index (χ0v) is 8.89. The van der Waals surface area contributed by atoms with Crippen LogP contribution in [0.15, 0.2) is 0 Å². The number of ether oxygens (including phenoxy) is 1. The van der Waals surface area contributed by atoms with Crippen LogP contribution in [0.5, 0.6) is 0 Å². The quantitative estimate of drug-likeness (QED) is 0.595. The Morgan fingerprint density at radius 1 is 1.25 bits per heavy atom. The fourth-order valence-electron chi connectivity index (χ4n) is 1.19. The summed E-state index contributed by atoms with van der Waals surface area (Å²) in [4.78, 5) is 0. The zero-order chi connectivity index (χ0) is 9.40. The monoisotopic (exact) mass is 173 g/mol. The van der Waals surface area contributed by atoms with Gasteiger partial charge in [0, 0.05) is 19.3 Å². The Balaban J connectivity index is 3.35. The Morgan fingerprint density at radius 2 is 1.92 bits per heavy atom. The normalized spacial score (nSPS) is 16.0. The van der Waals surface area contributed by atoms with E-state index in [1.165, 1.54) is 0 Å². The summed E-state index contributed by atoms with van der Waals surface area (Å²) in [6.07, 6.45) is 1.15. The molecular weight excluding hydrogens is 150 g/mol. The van der Waals surface area contributed by atoms with Crippen LogP contribution in [0.2, 0.25) is 0 Å². The first-order chi connectivity index (χ1) is 5.72. The van der Waals surface area contributed by atoms with E-state index < -0.39 is 0 Å². The molecule has 0 aromatic carbocycles. The van der Waals surface area contributed by atoms with E-state index in [1.54, 1.807) is 0 Å². The van der Waals surface area contributed by atoms with Crippen LogP contribution in [0.1, 0.15) is 34.1 Å². The third kappa shape index (κ3) is 5.56. The van der Waals surface area contributed by atoms with Crippen molar-refractivity contribution >= 4 is 0 Å². The summed E-state index contributed by atoms with van der Waals surface area (Å²) in [5.74, 6) is 0.705.